The molecule has 0 bridgehead atoms. The molecule has 0 radical (unpaired) electrons. The van der Waals surface area contributed by atoms with Crippen LogP contribution < -0.4 is 5.49 Å². The fourth-order valence-corrected chi connectivity index (χ4v) is 3.12. The molecule has 0 fully saturated rings. The second-order valence-electron chi connectivity index (χ2n) is 7.19. The number of benzene rings is 2. The van der Waals surface area contributed by atoms with E-state index in [1.165, 1.54) is 5.56 Å². The molecule has 0 unspecified atom stereocenters. The van der Waals surface area contributed by atoms with Crippen LogP contribution in [0.1, 0.15) is 32.9 Å². The van der Waals surface area contributed by atoms with Gasteiger partial charge in [-0.2, -0.15) is 4.99 Å². The van der Waals surface area contributed by atoms with Crippen molar-refractivity contribution in [2.24, 2.45) is 4.99 Å². The molecule has 4 aromatic rings. The summed E-state index contributed by atoms with van der Waals surface area (Å²) in [6.45, 7) is 6.56. The molecule has 0 atom stereocenters. The van der Waals surface area contributed by atoms with E-state index >= 15 is 0 Å². The summed E-state index contributed by atoms with van der Waals surface area (Å²) >= 11 is 0. The number of aryl methyl sites for hydroxylation is 3. The Morgan fingerprint density at radius 1 is 0.897 bits per heavy atom. The first-order chi connectivity index (χ1) is 14.0. The molecule has 4 rings (SSSR count). The van der Waals surface area contributed by atoms with Gasteiger partial charge in [0.25, 0.3) is 5.91 Å². The van der Waals surface area contributed by atoms with Gasteiger partial charge in [0.05, 0.1) is 22.4 Å². The summed E-state index contributed by atoms with van der Waals surface area (Å²) in [5, 5.41) is 0. The number of aromatic nitrogens is 3. The SMILES string of the molecule is Cc1ccc(Cn2ccccc2=NC(=O)c2ccc3nc(C)c(C)nc3c2)cc1. The molecule has 5 nitrogen and oxygen atoms in total. The van der Waals surface area contributed by atoms with Gasteiger partial charge in [-0.3, -0.25) is 4.79 Å². The standard InChI is InChI=1S/C24H22N4O/c1-16-7-9-19(10-8-16)15-28-13-5-4-6-23(28)27-24(29)20-11-12-21-22(14-20)26-18(3)17(2)25-21/h4-14H,15H2,1-3H3. The van der Waals surface area contributed by atoms with Crippen molar-refractivity contribution in [2.75, 3.05) is 0 Å². The quantitative estimate of drug-likeness (QED) is 0.535. The fourth-order valence-electron chi connectivity index (χ4n) is 3.12. The van der Waals surface area contributed by atoms with Crippen molar-refractivity contribution in [2.45, 2.75) is 27.3 Å². The van der Waals surface area contributed by atoms with Crippen LogP contribution in [0, 0.1) is 20.8 Å². The Morgan fingerprint density at radius 3 is 2.38 bits per heavy atom. The molecular formula is C24H22N4O. The highest BCUT2D eigenvalue weighted by Crippen LogP contribution is 2.15. The van der Waals surface area contributed by atoms with Crippen LogP contribution >= 0.6 is 0 Å². The number of amides is 1. The lowest BCUT2D eigenvalue weighted by Crippen LogP contribution is -2.22. The average molecular weight is 382 g/mol. The molecule has 0 saturated heterocycles. The summed E-state index contributed by atoms with van der Waals surface area (Å²) in [6, 6.07) is 19.4. The maximum absolute atomic E-state index is 12.8. The van der Waals surface area contributed by atoms with Crippen LogP contribution in [0.3, 0.4) is 0 Å². The normalized spacial score (nSPS) is 11.8. The third kappa shape index (κ3) is 4.14. The minimum absolute atomic E-state index is 0.296. The smallest absolute Gasteiger partial charge is 0.279 e. The molecule has 0 N–H and O–H groups in total. The highest BCUT2D eigenvalue weighted by atomic mass is 16.1. The lowest BCUT2D eigenvalue weighted by molar-refractivity contribution is 0.0997. The monoisotopic (exact) mass is 382 g/mol. The van der Waals surface area contributed by atoms with Crippen molar-refractivity contribution >= 4 is 16.9 Å². The number of pyridine rings is 1. The highest BCUT2D eigenvalue weighted by Gasteiger charge is 2.08. The molecule has 2 aromatic carbocycles. The largest absolute Gasteiger partial charge is 0.328 e. The Morgan fingerprint density at radius 2 is 1.62 bits per heavy atom. The molecule has 5 heteroatoms. The lowest BCUT2D eigenvalue weighted by Gasteiger charge is -2.08. The van der Waals surface area contributed by atoms with Gasteiger partial charge in [0, 0.05) is 18.3 Å². The van der Waals surface area contributed by atoms with Crippen LogP contribution in [-0.2, 0) is 6.54 Å². The van der Waals surface area contributed by atoms with E-state index in [0.717, 1.165) is 22.5 Å². The van der Waals surface area contributed by atoms with Gasteiger partial charge in [-0.15, -0.1) is 0 Å². The van der Waals surface area contributed by atoms with E-state index in [-0.39, 0.29) is 5.91 Å². The van der Waals surface area contributed by atoms with Gasteiger partial charge in [-0.25, -0.2) is 9.97 Å². The van der Waals surface area contributed by atoms with Gasteiger partial charge in [-0.05, 0) is 56.7 Å². The van der Waals surface area contributed by atoms with Crippen LogP contribution in [-0.4, -0.2) is 20.4 Å². The van der Waals surface area contributed by atoms with Gasteiger partial charge in [0.2, 0.25) is 0 Å². The van der Waals surface area contributed by atoms with Crippen LogP contribution in [0.15, 0.2) is 71.9 Å². The maximum atomic E-state index is 12.8. The topological polar surface area (TPSA) is 60.1 Å². The zero-order valence-corrected chi connectivity index (χ0v) is 16.8. The molecule has 0 aliphatic heterocycles. The second-order valence-corrected chi connectivity index (χ2v) is 7.19. The number of carbonyl (C=O) groups is 1. The first-order valence-electron chi connectivity index (χ1n) is 9.55. The van der Waals surface area contributed by atoms with Gasteiger partial charge >= 0.3 is 0 Å². The number of nitrogens with zero attached hydrogens (tertiary/aromatic N) is 4. The van der Waals surface area contributed by atoms with Gasteiger partial charge in [0.15, 0.2) is 0 Å². The molecular weight excluding hydrogens is 360 g/mol. The first kappa shape index (κ1) is 18.7. The predicted octanol–water partition coefficient (Wildman–Crippen LogP) is 4.15. The van der Waals surface area contributed by atoms with Crippen LogP contribution in [0.25, 0.3) is 11.0 Å². The molecule has 1 amide bonds. The van der Waals surface area contributed by atoms with E-state index in [2.05, 4.69) is 46.1 Å². The highest BCUT2D eigenvalue weighted by molar-refractivity contribution is 5.97. The molecule has 0 saturated carbocycles. The summed E-state index contributed by atoms with van der Waals surface area (Å²) in [7, 11) is 0. The molecule has 0 spiro atoms. The maximum Gasteiger partial charge on any atom is 0.279 e. The molecule has 144 valence electrons. The molecule has 2 heterocycles. The van der Waals surface area contributed by atoms with Gasteiger partial charge < -0.3 is 4.57 Å². The average Bonchev–Trinajstić information content (AvgIpc) is 2.71. The summed E-state index contributed by atoms with van der Waals surface area (Å²) in [4.78, 5) is 26.3. The molecule has 0 aliphatic carbocycles. The van der Waals surface area contributed by atoms with Crippen molar-refractivity contribution in [1.29, 1.82) is 0 Å². The first-order valence-corrected chi connectivity index (χ1v) is 9.55. The number of hydrogen-bond acceptors (Lipinski definition) is 3. The van der Waals surface area contributed by atoms with E-state index in [1.807, 2.05) is 48.9 Å². The Bertz CT molecular complexity index is 1270. The van der Waals surface area contributed by atoms with Crippen molar-refractivity contribution < 1.29 is 4.79 Å². The van der Waals surface area contributed by atoms with Crippen LogP contribution in [0.4, 0.5) is 0 Å². The van der Waals surface area contributed by atoms with E-state index in [4.69, 9.17) is 0 Å². The summed E-state index contributed by atoms with van der Waals surface area (Å²) in [5.41, 5.74) is 6.72. The van der Waals surface area contributed by atoms with E-state index in [9.17, 15) is 4.79 Å². The number of fused-ring (bicyclic) bond motifs is 1. The number of carbonyl (C=O) groups excluding carboxylic acids is 1. The fraction of sp³-hybridized carbons (Fsp3) is 0.167. The summed E-state index contributed by atoms with van der Waals surface area (Å²) < 4.78 is 1.97. The van der Waals surface area contributed by atoms with Crippen molar-refractivity contribution in [3.05, 3.63) is 100 Å². The zero-order chi connectivity index (χ0) is 20.4. The predicted molar refractivity (Wildman–Crippen MR) is 114 cm³/mol. The minimum atomic E-state index is -0.296. The second kappa shape index (κ2) is 7.80. The number of rotatable bonds is 3. The third-order valence-electron chi connectivity index (χ3n) is 4.93. The summed E-state index contributed by atoms with van der Waals surface area (Å²) in [5.74, 6) is -0.296. The summed E-state index contributed by atoms with van der Waals surface area (Å²) in [6.07, 6.45) is 1.93. The molecule has 0 aliphatic rings. The van der Waals surface area contributed by atoms with Crippen molar-refractivity contribution in [1.82, 2.24) is 14.5 Å². The zero-order valence-electron chi connectivity index (χ0n) is 16.8. The molecule has 2 aromatic heterocycles. The minimum Gasteiger partial charge on any atom is -0.328 e. The molecule has 29 heavy (non-hydrogen) atoms. The Balaban J connectivity index is 1.69. The van der Waals surface area contributed by atoms with Crippen LogP contribution in [0.2, 0.25) is 0 Å². The lowest BCUT2D eigenvalue weighted by atomic mass is 10.1. The Labute approximate surface area is 169 Å². The van der Waals surface area contributed by atoms with E-state index < -0.39 is 0 Å². The van der Waals surface area contributed by atoms with Crippen molar-refractivity contribution in [3.63, 3.8) is 0 Å². The Kier molecular flexibility index (Phi) is 5.04. The van der Waals surface area contributed by atoms with E-state index in [0.29, 0.717) is 23.1 Å². The van der Waals surface area contributed by atoms with Gasteiger partial charge in [-0.1, -0.05) is 35.9 Å². The Hall–Kier alpha value is -3.60. The van der Waals surface area contributed by atoms with Crippen molar-refractivity contribution in [3.8, 4) is 0 Å². The van der Waals surface area contributed by atoms with Crippen LogP contribution in [0.5, 0.6) is 0 Å². The third-order valence-corrected chi connectivity index (χ3v) is 4.93. The van der Waals surface area contributed by atoms with E-state index in [1.54, 1.807) is 12.1 Å². The van der Waals surface area contributed by atoms with Gasteiger partial charge in [0.1, 0.15) is 5.49 Å². The number of hydrogen-bond donors (Lipinski definition) is 0.